The Morgan fingerprint density at radius 3 is 2.79 bits per heavy atom. The molecule has 1 aromatic carbocycles. The van der Waals surface area contributed by atoms with Crippen LogP contribution in [0.5, 0.6) is 0 Å². The quantitative estimate of drug-likeness (QED) is 0.771. The third-order valence-electron chi connectivity index (χ3n) is 2.82. The Hall–Kier alpha value is -0.420. The van der Waals surface area contributed by atoms with Crippen molar-refractivity contribution in [2.75, 3.05) is 6.54 Å². The highest BCUT2D eigenvalue weighted by molar-refractivity contribution is 9.10. The first-order valence-corrected chi connectivity index (χ1v) is 8.06. The second kappa shape index (κ2) is 6.84. The van der Waals surface area contributed by atoms with E-state index in [4.69, 9.17) is 11.6 Å². The van der Waals surface area contributed by atoms with Gasteiger partial charge in [0.15, 0.2) is 0 Å². The Kier molecular flexibility index (Phi) is 5.39. The molecule has 0 amide bonds. The SMILES string of the molecule is CCNC(Cc1cc(Br)cs1)c1ccc(F)cc1Cl. The zero-order chi connectivity index (χ0) is 13.8. The van der Waals surface area contributed by atoms with Crippen LogP contribution in [0.4, 0.5) is 4.39 Å². The molecule has 0 saturated carbocycles. The van der Waals surface area contributed by atoms with Crippen LogP contribution >= 0.6 is 38.9 Å². The molecule has 1 unspecified atom stereocenters. The molecule has 0 saturated heterocycles. The van der Waals surface area contributed by atoms with E-state index < -0.39 is 0 Å². The zero-order valence-electron chi connectivity index (χ0n) is 10.4. The van der Waals surface area contributed by atoms with Crippen LogP contribution in [0, 0.1) is 5.82 Å². The smallest absolute Gasteiger partial charge is 0.124 e. The number of hydrogen-bond donors (Lipinski definition) is 1. The van der Waals surface area contributed by atoms with E-state index in [1.807, 2.05) is 0 Å². The van der Waals surface area contributed by atoms with Gasteiger partial charge in [0.25, 0.3) is 0 Å². The van der Waals surface area contributed by atoms with Gasteiger partial charge in [-0.25, -0.2) is 4.39 Å². The van der Waals surface area contributed by atoms with Crippen molar-refractivity contribution in [3.05, 3.63) is 55.4 Å². The maximum Gasteiger partial charge on any atom is 0.124 e. The van der Waals surface area contributed by atoms with Crippen molar-refractivity contribution in [1.82, 2.24) is 5.32 Å². The molecule has 2 rings (SSSR count). The molecule has 0 aliphatic rings. The number of likely N-dealkylation sites (N-methyl/N-ethyl adjacent to an activating group) is 1. The average Bonchev–Trinajstić information content (AvgIpc) is 2.74. The molecule has 1 atom stereocenters. The van der Waals surface area contributed by atoms with Crippen molar-refractivity contribution < 1.29 is 4.39 Å². The molecule has 0 aliphatic carbocycles. The van der Waals surface area contributed by atoms with Gasteiger partial charge < -0.3 is 5.32 Å². The molecule has 1 nitrogen and oxygen atoms in total. The number of thiophene rings is 1. The minimum atomic E-state index is -0.303. The van der Waals surface area contributed by atoms with Gasteiger partial charge in [-0.1, -0.05) is 24.6 Å². The molecule has 0 fully saturated rings. The lowest BCUT2D eigenvalue weighted by atomic mass is 10.0. The monoisotopic (exact) mass is 361 g/mol. The molecule has 0 bridgehead atoms. The summed E-state index contributed by atoms with van der Waals surface area (Å²) in [6, 6.07) is 6.78. The molecule has 0 radical (unpaired) electrons. The van der Waals surface area contributed by atoms with Crippen molar-refractivity contribution in [1.29, 1.82) is 0 Å². The highest BCUT2D eigenvalue weighted by Gasteiger charge is 2.16. The molecule has 2 aromatic rings. The van der Waals surface area contributed by atoms with E-state index in [2.05, 4.69) is 39.6 Å². The Morgan fingerprint density at radius 1 is 1.42 bits per heavy atom. The Bertz CT molecular complexity index is 558. The third kappa shape index (κ3) is 4.02. The zero-order valence-corrected chi connectivity index (χ0v) is 13.6. The summed E-state index contributed by atoms with van der Waals surface area (Å²) >= 11 is 11.3. The summed E-state index contributed by atoms with van der Waals surface area (Å²) < 4.78 is 14.2. The molecule has 0 aliphatic heterocycles. The highest BCUT2D eigenvalue weighted by atomic mass is 79.9. The number of nitrogens with one attached hydrogen (secondary N) is 1. The van der Waals surface area contributed by atoms with E-state index in [-0.39, 0.29) is 11.9 Å². The summed E-state index contributed by atoms with van der Waals surface area (Å²) in [6.45, 7) is 2.89. The lowest BCUT2D eigenvalue weighted by Gasteiger charge is -2.19. The first kappa shape index (κ1) is 15.0. The van der Waals surface area contributed by atoms with E-state index in [0.717, 1.165) is 23.0 Å². The van der Waals surface area contributed by atoms with Crippen LogP contribution in [0.1, 0.15) is 23.4 Å². The second-order valence-corrected chi connectivity index (χ2v) is 6.53. The number of hydrogen-bond acceptors (Lipinski definition) is 2. The fourth-order valence-corrected chi connectivity index (χ4v) is 3.78. The average molecular weight is 363 g/mol. The lowest BCUT2D eigenvalue weighted by molar-refractivity contribution is 0.551. The summed E-state index contributed by atoms with van der Waals surface area (Å²) in [5.74, 6) is -0.303. The molecular weight excluding hydrogens is 349 g/mol. The Labute approximate surface area is 129 Å². The number of halogens is 3. The predicted octanol–water partition coefficient (Wildman–Crippen LogP) is 5.20. The van der Waals surface area contributed by atoms with Gasteiger partial charge in [-0.3, -0.25) is 0 Å². The molecule has 1 N–H and O–H groups in total. The van der Waals surface area contributed by atoms with Crippen LogP contribution in [0.15, 0.2) is 34.1 Å². The van der Waals surface area contributed by atoms with Gasteiger partial charge in [-0.2, -0.15) is 0 Å². The normalized spacial score (nSPS) is 12.6. The first-order valence-electron chi connectivity index (χ1n) is 6.01. The van der Waals surface area contributed by atoms with Crippen molar-refractivity contribution in [3.8, 4) is 0 Å². The van der Waals surface area contributed by atoms with Crippen molar-refractivity contribution in [2.45, 2.75) is 19.4 Å². The number of benzene rings is 1. The predicted molar refractivity (Wildman–Crippen MR) is 83.6 cm³/mol. The van der Waals surface area contributed by atoms with Gasteiger partial charge in [-0.15, -0.1) is 11.3 Å². The van der Waals surface area contributed by atoms with Crippen LogP contribution in [-0.4, -0.2) is 6.54 Å². The van der Waals surface area contributed by atoms with Crippen LogP contribution in [0.2, 0.25) is 5.02 Å². The van der Waals surface area contributed by atoms with E-state index in [0.29, 0.717) is 5.02 Å². The molecule has 1 heterocycles. The molecular formula is C14H14BrClFNS. The van der Waals surface area contributed by atoms with Crippen molar-refractivity contribution >= 4 is 38.9 Å². The topological polar surface area (TPSA) is 12.0 Å². The maximum absolute atomic E-state index is 13.1. The van der Waals surface area contributed by atoms with Gasteiger partial charge >= 0.3 is 0 Å². The van der Waals surface area contributed by atoms with E-state index >= 15 is 0 Å². The van der Waals surface area contributed by atoms with Gasteiger partial charge in [0.1, 0.15) is 5.82 Å². The standard InChI is InChI=1S/C14H14BrClFNS/c1-2-18-14(7-11-5-9(15)8-19-11)12-4-3-10(17)6-13(12)16/h3-6,8,14,18H,2,7H2,1H3. The van der Waals surface area contributed by atoms with Gasteiger partial charge in [0.05, 0.1) is 0 Å². The minimum Gasteiger partial charge on any atom is -0.310 e. The third-order valence-corrected chi connectivity index (χ3v) is 4.86. The van der Waals surface area contributed by atoms with Gasteiger partial charge in [0.2, 0.25) is 0 Å². The summed E-state index contributed by atoms with van der Waals surface area (Å²) in [4.78, 5) is 1.26. The van der Waals surface area contributed by atoms with Crippen molar-refractivity contribution in [2.24, 2.45) is 0 Å². The molecule has 1 aromatic heterocycles. The van der Waals surface area contributed by atoms with Crippen LogP contribution in [0.3, 0.4) is 0 Å². The molecule has 19 heavy (non-hydrogen) atoms. The number of rotatable bonds is 5. The largest absolute Gasteiger partial charge is 0.310 e. The van der Waals surface area contributed by atoms with Crippen LogP contribution < -0.4 is 5.32 Å². The molecule has 0 spiro atoms. The van der Waals surface area contributed by atoms with E-state index in [1.54, 1.807) is 17.4 Å². The Balaban J connectivity index is 2.23. The summed E-state index contributed by atoms with van der Waals surface area (Å²) in [6.07, 6.45) is 0.843. The highest BCUT2D eigenvalue weighted by Crippen LogP contribution is 2.29. The minimum absolute atomic E-state index is 0.101. The van der Waals surface area contributed by atoms with Crippen LogP contribution in [0.25, 0.3) is 0 Å². The Morgan fingerprint density at radius 2 is 2.21 bits per heavy atom. The van der Waals surface area contributed by atoms with Gasteiger partial charge in [-0.05, 0) is 46.2 Å². The van der Waals surface area contributed by atoms with Crippen LogP contribution in [-0.2, 0) is 6.42 Å². The van der Waals surface area contributed by atoms with Crippen molar-refractivity contribution in [3.63, 3.8) is 0 Å². The molecule has 102 valence electrons. The summed E-state index contributed by atoms with van der Waals surface area (Å²) in [7, 11) is 0. The van der Waals surface area contributed by atoms with E-state index in [9.17, 15) is 4.39 Å². The fraction of sp³-hybridized carbons (Fsp3) is 0.286. The maximum atomic E-state index is 13.1. The molecule has 5 heteroatoms. The summed E-state index contributed by atoms with van der Waals surface area (Å²) in [5, 5.41) is 5.94. The fourth-order valence-electron chi connectivity index (χ4n) is 1.98. The summed E-state index contributed by atoms with van der Waals surface area (Å²) in [5.41, 5.74) is 0.939. The first-order chi connectivity index (χ1) is 9.10. The van der Waals surface area contributed by atoms with E-state index in [1.165, 1.54) is 17.0 Å². The van der Waals surface area contributed by atoms with Gasteiger partial charge in [0, 0.05) is 32.2 Å². The second-order valence-electron chi connectivity index (χ2n) is 4.21. The lowest BCUT2D eigenvalue weighted by Crippen LogP contribution is -2.23.